The molecule has 26 heavy (non-hydrogen) atoms. The molecule has 1 aromatic carbocycles. The highest BCUT2D eigenvalue weighted by Crippen LogP contribution is 2.22. The van der Waals surface area contributed by atoms with Gasteiger partial charge in [-0.25, -0.2) is 4.98 Å². The Morgan fingerprint density at radius 1 is 1.31 bits per heavy atom. The highest BCUT2D eigenvalue weighted by molar-refractivity contribution is 14.0. The van der Waals surface area contributed by atoms with E-state index in [0.29, 0.717) is 12.5 Å². The number of nitrogens with zero attached hydrogens (tertiary/aromatic N) is 3. The number of anilines is 1. The lowest BCUT2D eigenvalue weighted by Crippen LogP contribution is -2.39. The predicted octanol–water partition coefficient (Wildman–Crippen LogP) is 2.62. The van der Waals surface area contributed by atoms with Crippen molar-refractivity contribution in [2.75, 3.05) is 45.8 Å². The van der Waals surface area contributed by atoms with E-state index in [9.17, 15) is 0 Å². The van der Waals surface area contributed by atoms with Gasteiger partial charge in [-0.1, -0.05) is 18.2 Å². The van der Waals surface area contributed by atoms with Crippen LogP contribution < -0.4 is 15.5 Å². The summed E-state index contributed by atoms with van der Waals surface area (Å²) in [6, 6.07) is 10.4. The first-order valence-corrected chi connectivity index (χ1v) is 8.75. The van der Waals surface area contributed by atoms with Gasteiger partial charge in [0.2, 0.25) is 0 Å². The van der Waals surface area contributed by atoms with Gasteiger partial charge in [-0.15, -0.1) is 24.0 Å². The molecule has 3 rings (SSSR count). The van der Waals surface area contributed by atoms with Crippen LogP contribution in [0.5, 0.6) is 0 Å². The number of ether oxygens (including phenoxy) is 1. The minimum absolute atomic E-state index is 0. The summed E-state index contributed by atoms with van der Waals surface area (Å²) in [4.78, 5) is 11.1. The lowest BCUT2D eigenvalue weighted by molar-refractivity contribution is 0.186. The standard InChI is InChI=1S/C19H27N5O.HI/c1-20-19(21-11-14-8-9-25-13-14)22-12-15-10-18(24(2)3)23-17-7-5-4-6-16(15)17;/h4-7,10,14H,8-9,11-13H2,1-3H3,(H2,20,21,22);1H. The lowest BCUT2D eigenvalue weighted by atomic mass is 10.1. The molecule has 1 aliphatic rings. The number of pyridine rings is 1. The number of benzene rings is 1. The van der Waals surface area contributed by atoms with Gasteiger partial charge in [-0.05, 0) is 24.1 Å². The molecule has 1 saturated heterocycles. The lowest BCUT2D eigenvalue weighted by Gasteiger charge is -2.17. The quantitative estimate of drug-likeness (QED) is 0.401. The highest BCUT2D eigenvalue weighted by Gasteiger charge is 2.15. The fourth-order valence-corrected chi connectivity index (χ4v) is 2.99. The average molecular weight is 469 g/mol. The molecule has 2 aromatic rings. The first-order valence-electron chi connectivity index (χ1n) is 8.75. The van der Waals surface area contributed by atoms with E-state index < -0.39 is 0 Å². The summed E-state index contributed by atoms with van der Waals surface area (Å²) >= 11 is 0. The number of rotatable bonds is 5. The summed E-state index contributed by atoms with van der Waals surface area (Å²) in [6.45, 7) is 3.30. The van der Waals surface area contributed by atoms with Crippen LogP contribution in [0.3, 0.4) is 0 Å². The van der Waals surface area contributed by atoms with Crippen LogP contribution in [-0.2, 0) is 11.3 Å². The molecule has 142 valence electrons. The summed E-state index contributed by atoms with van der Waals surface area (Å²) < 4.78 is 5.42. The summed E-state index contributed by atoms with van der Waals surface area (Å²) in [5.41, 5.74) is 2.22. The van der Waals surface area contributed by atoms with Crippen molar-refractivity contribution in [3.05, 3.63) is 35.9 Å². The first kappa shape index (κ1) is 20.7. The van der Waals surface area contributed by atoms with Crippen LogP contribution in [0.1, 0.15) is 12.0 Å². The van der Waals surface area contributed by atoms with Gasteiger partial charge in [0, 0.05) is 52.1 Å². The predicted molar refractivity (Wildman–Crippen MR) is 119 cm³/mol. The molecule has 0 aliphatic carbocycles. The second-order valence-electron chi connectivity index (χ2n) is 6.59. The molecule has 2 N–H and O–H groups in total. The van der Waals surface area contributed by atoms with Crippen molar-refractivity contribution in [2.45, 2.75) is 13.0 Å². The number of hydrogen-bond donors (Lipinski definition) is 2. The molecule has 0 spiro atoms. The number of nitrogens with one attached hydrogen (secondary N) is 2. The molecule has 1 atom stereocenters. The topological polar surface area (TPSA) is 61.8 Å². The Morgan fingerprint density at radius 3 is 2.81 bits per heavy atom. The van der Waals surface area contributed by atoms with Gasteiger partial charge >= 0.3 is 0 Å². The Morgan fingerprint density at radius 2 is 2.12 bits per heavy atom. The van der Waals surface area contributed by atoms with E-state index in [2.05, 4.69) is 39.9 Å². The Bertz CT molecular complexity index is 744. The zero-order valence-corrected chi connectivity index (χ0v) is 18.0. The fraction of sp³-hybridized carbons (Fsp3) is 0.474. The molecule has 7 heteroatoms. The van der Waals surface area contributed by atoms with Crippen LogP contribution in [0, 0.1) is 5.92 Å². The minimum atomic E-state index is 0. The molecule has 0 radical (unpaired) electrons. The Balaban J connectivity index is 0.00000243. The average Bonchev–Trinajstić information content (AvgIpc) is 3.15. The maximum atomic E-state index is 5.42. The zero-order valence-electron chi connectivity index (χ0n) is 15.7. The third-order valence-electron chi connectivity index (χ3n) is 4.50. The van der Waals surface area contributed by atoms with Gasteiger partial charge < -0.3 is 20.3 Å². The van der Waals surface area contributed by atoms with Gasteiger partial charge in [-0.2, -0.15) is 0 Å². The Labute approximate surface area is 172 Å². The number of aromatic nitrogens is 1. The number of guanidine groups is 1. The van der Waals surface area contributed by atoms with Crippen LogP contribution in [0.25, 0.3) is 10.9 Å². The smallest absolute Gasteiger partial charge is 0.191 e. The molecule has 1 aliphatic heterocycles. The van der Waals surface area contributed by atoms with Crippen molar-refractivity contribution >= 4 is 46.7 Å². The maximum Gasteiger partial charge on any atom is 0.191 e. The third kappa shape index (κ3) is 5.20. The molecular formula is C19H28IN5O. The van der Waals surface area contributed by atoms with Crippen molar-refractivity contribution in [1.29, 1.82) is 0 Å². The van der Waals surface area contributed by atoms with Crippen molar-refractivity contribution < 1.29 is 4.74 Å². The second-order valence-corrected chi connectivity index (χ2v) is 6.59. The van der Waals surface area contributed by atoms with Crippen molar-refractivity contribution in [3.63, 3.8) is 0 Å². The number of halogens is 1. The molecule has 1 fully saturated rings. The molecule has 2 heterocycles. The molecule has 0 saturated carbocycles. The van der Waals surface area contributed by atoms with Crippen molar-refractivity contribution in [3.8, 4) is 0 Å². The van der Waals surface area contributed by atoms with Gasteiger partial charge in [0.05, 0.1) is 12.1 Å². The van der Waals surface area contributed by atoms with Crippen LogP contribution in [0.2, 0.25) is 0 Å². The Hall–Kier alpha value is -1.61. The Kier molecular flexibility index (Phi) is 7.89. The van der Waals surface area contributed by atoms with Crippen molar-refractivity contribution in [2.24, 2.45) is 10.9 Å². The molecule has 0 bridgehead atoms. The van der Waals surface area contributed by atoms with E-state index in [-0.39, 0.29) is 24.0 Å². The van der Waals surface area contributed by atoms with Crippen molar-refractivity contribution in [1.82, 2.24) is 15.6 Å². The molecular weight excluding hydrogens is 441 g/mol. The summed E-state index contributed by atoms with van der Waals surface area (Å²) in [7, 11) is 5.83. The van der Waals surface area contributed by atoms with E-state index in [1.54, 1.807) is 7.05 Å². The maximum absolute atomic E-state index is 5.42. The van der Waals surface area contributed by atoms with Crippen LogP contribution in [-0.4, -0.2) is 51.8 Å². The van der Waals surface area contributed by atoms with Gasteiger partial charge in [0.15, 0.2) is 5.96 Å². The third-order valence-corrected chi connectivity index (χ3v) is 4.50. The van der Waals surface area contributed by atoms with E-state index in [0.717, 1.165) is 43.5 Å². The normalized spacial score (nSPS) is 17.0. The molecule has 1 unspecified atom stereocenters. The summed E-state index contributed by atoms with van der Waals surface area (Å²) in [5, 5.41) is 7.99. The number of hydrogen-bond acceptors (Lipinski definition) is 4. The van der Waals surface area contributed by atoms with Crippen LogP contribution in [0.4, 0.5) is 5.82 Å². The van der Waals surface area contributed by atoms with Gasteiger partial charge in [0.25, 0.3) is 0 Å². The van der Waals surface area contributed by atoms with E-state index in [1.807, 2.05) is 25.1 Å². The fourth-order valence-electron chi connectivity index (χ4n) is 2.99. The number of fused-ring (bicyclic) bond motifs is 1. The second kappa shape index (κ2) is 9.91. The van der Waals surface area contributed by atoms with E-state index in [4.69, 9.17) is 9.72 Å². The first-order chi connectivity index (χ1) is 12.2. The largest absolute Gasteiger partial charge is 0.381 e. The molecule has 6 nitrogen and oxygen atoms in total. The van der Waals surface area contributed by atoms with Gasteiger partial charge in [-0.3, -0.25) is 4.99 Å². The molecule has 0 amide bonds. The highest BCUT2D eigenvalue weighted by atomic mass is 127. The number of para-hydroxylation sites is 1. The monoisotopic (exact) mass is 469 g/mol. The minimum Gasteiger partial charge on any atom is -0.381 e. The summed E-state index contributed by atoms with van der Waals surface area (Å²) in [5.74, 6) is 2.35. The zero-order chi connectivity index (χ0) is 17.6. The van der Waals surface area contributed by atoms with E-state index in [1.165, 1.54) is 10.9 Å². The van der Waals surface area contributed by atoms with E-state index >= 15 is 0 Å². The number of aliphatic imine (C=N–C) groups is 1. The van der Waals surface area contributed by atoms with Crippen LogP contribution in [0.15, 0.2) is 35.3 Å². The molecule has 1 aromatic heterocycles. The SMILES string of the molecule is CN=C(NCc1cc(N(C)C)nc2ccccc12)NCC1CCOC1.I. The van der Waals surface area contributed by atoms with Gasteiger partial charge in [0.1, 0.15) is 5.82 Å². The summed E-state index contributed by atoms with van der Waals surface area (Å²) in [6.07, 6.45) is 1.12. The van der Waals surface area contributed by atoms with Crippen LogP contribution >= 0.6 is 24.0 Å².